The average molecular weight is 359 g/mol. The van der Waals surface area contributed by atoms with E-state index in [9.17, 15) is 9.59 Å². The Morgan fingerprint density at radius 1 is 1.04 bits per heavy atom. The Morgan fingerprint density at radius 3 is 2.16 bits per heavy atom. The number of aryl methyl sites for hydroxylation is 2. The van der Waals surface area contributed by atoms with Gasteiger partial charge in [0.15, 0.2) is 0 Å². The fourth-order valence-corrected chi connectivity index (χ4v) is 3.01. The van der Waals surface area contributed by atoms with Crippen molar-refractivity contribution in [2.24, 2.45) is 0 Å². The van der Waals surface area contributed by atoms with Crippen LogP contribution in [0.3, 0.4) is 0 Å². The van der Waals surface area contributed by atoms with Gasteiger partial charge in [0, 0.05) is 17.6 Å². The number of carbonyl (C=O) groups is 2. The molecule has 2 rings (SSSR count). The number of amides is 2. The first-order chi connectivity index (χ1) is 12.0. The van der Waals surface area contributed by atoms with Gasteiger partial charge in [-0.3, -0.25) is 9.59 Å². The smallest absolute Gasteiger partial charge is 0.244 e. The van der Waals surface area contributed by atoms with E-state index in [1.807, 2.05) is 32.0 Å². The second-order valence-corrected chi connectivity index (χ2v) is 6.23. The van der Waals surface area contributed by atoms with Crippen molar-refractivity contribution in [1.82, 2.24) is 0 Å². The fraction of sp³-hybridized carbons (Fsp3) is 0.300. The van der Waals surface area contributed by atoms with Crippen molar-refractivity contribution in [3.63, 3.8) is 0 Å². The normalized spacial score (nSPS) is 10.4. The molecular formula is C20H23ClN2O2. The SMILES string of the molecule is CCc1cccc(CC)c1N(CC(=O)Nc1cccc(Cl)c1)C(C)=O. The highest BCUT2D eigenvalue weighted by molar-refractivity contribution is 6.30. The molecule has 0 aliphatic heterocycles. The first-order valence-corrected chi connectivity index (χ1v) is 8.78. The van der Waals surface area contributed by atoms with Crippen molar-refractivity contribution in [3.05, 3.63) is 58.6 Å². The van der Waals surface area contributed by atoms with E-state index >= 15 is 0 Å². The number of anilines is 2. The van der Waals surface area contributed by atoms with Gasteiger partial charge >= 0.3 is 0 Å². The quantitative estimate of drug-likeness (QED) is 0.828. The maximum atomic E-state index is 12.5. The highest BCUT2D eigenvalue weighted by Crippen LogP contribution is 2.27. The zero-order valence-electron chi connectivity index (χ0n) is 14.8. The predicted octanol–water partition coefficient (Wildman–Crippen LogP) is 4.46. The van der Waals surface area contributed by atoms with E-state index in [-0.39, 0.29) is 18.4 Å². The number of nitrogens with one attached hydrogen (secondary N) is 1. The van der Waals surface area contributed by atoms with Gasteiger partial charge in [-0.1, -0.05) is 49.7 Å². The van der Waals surface area contributed by atoms with Crippen LogP contribution >= 0.6 is 11.6 Å². The van der Waals surface area contributed by atoms with Crippen LogP contribution in [0.2, 0.25) is 5.02 Å². The first-order valence-electron chi connectivity index (χ1n) is 8.40. The van der Waals surface area contributed by atoms with E-state index in [2.05, 4.69) is 5.32 Å². The molecule has 0 heterocycles. The van der Waals surface area contributed by atoms with Gasteiger partial charge in [-0.15, -0.1) is 0 Å². The first kappa shape index (κ1) is 19.0. The number of nitrogens with zero attached hydrogens (tertiary/aromatic N) is 1. The molecule has 0 aliphatic carbocycles. The van der Waals surface area contributed by atoms with Gasteiger partial charge in [-0.05, 0) is 42.2 Å². The maximum Gasteiger partial charge on any atom is 0.244 e. The number of para-hydroxylation sites is 1. The van der Waals surface area contributed by atoms with Gasteiger partial charge in [0.25, 0.3) is 0 Å². The fourth-order valence-electron chi connectivity index (χ4n) is 2.82. The van der Waals surface area contributed by atoms with Crippen LogP contribution in [0.1, 0.15) is 31.9 Å². The molecule has 2 aromatic rings. The molecule has 5 heteroatoms. The Morgan fingerprint density at radius 2 is 1.64 bits per heavy atom. The zero-order valence-corrected chi connectivity index (χ0v) is 15.6. The molecule has 2 aromatic carbocycles. The predicted molar refractivity (Wildman–Crippen MR) is 103 cm³/mol. The van der Waals surface area contributed by atoms with Crippen LogP contribution in [0, 0.1) is 0 Å². The summed E-state index contributed by atoms with van der Waals surface area (Å²) in [5.74, 6) is -0.415. The van der Waals surface area contributed by atoms with E-state index in [0.29, 0.717) is 10.7 Å². The molecule has 0 atom stereocenters. The summed E-state index contributed by atoms with van der Waals surface area (Å²) in [5.41, 5.74) is 3.58. The minimum absolute atomic E-state index is 0.0359. The summed E-state index contributed by atoms with van der Waals surface area (Å²) in [6, 6.07) is 12.9. The maximum absolute atomic E-state index is 12.5. The molecule has 0 saturated carbocycles. The molecule has 0 aliphatic rings. The summed E-state index contributed by atoms with van der Waals surface area (Å²) in [4.78, 5) is 26.3. The molecule has 0 unspecified atom stereocenters. The van der Waals surface area contributed by atoms with Crippen LogP contribution in [0.4, 0.5) is 11.4 Å². The molecule has 0 bridgehead atoms. The van der Waals surface area contributed by atoms with E-state index in [1.54, 1.807) is 29.2 Å². The van der Waals surface area contributed by atoms with E-state index in [1.165, 1.54) is 6.92 Å². The van der Waals surface area contributed by atoms with Gasteiger partial charge in [-0.25, -0.2) is 0 Å². The number of hydrogen-bond acceptors (Lipinski definition) is 2. The Kier molecular flexibility index (Phi) is 6.59. The molecule has 0 spiro atoms. The number of rotatable bonds is 6. The Hall–Kier alpha value is -2.33. The lowest BCUT2D eigenvalue weighted by atomic mass is 10.0. The molecule has 0 radical (unpaired) electrons. The molecule has 1 N–H and O–H groups in total. The topological polar surface area (TPSA) is 49.4 Å². The van der Waals surface area contributed by atoms with E-state index in [0.717, 1.165) is 29.7 Å². The molecule has 2 amide bonds. The summed E-state index contributed by atoms with van der Waals surface area (Å²) in [7, 11) is 0. The second kappa shape index (κ2) is 8.67. The van der Waals surface area contributed by atoms with Crippen molar-refractivity contribution in [3.8, 4) is 0 Å². The number of carbonyl (C=O) groups excluding carboxylic acids is 2. The minimum atomic E-state index is -0.259. The molecule has 132 valence electrons. The number of halogens is 1. The third-order valence-electron chi connectivity index (χ3n) is 4.03. The van der Waals surface area contributed by atoms with Crippen LogP contribution < -0.4 is 10.2 Å². The molecule has 4 nitrogen and oxygen atoms in total. The molecule has 25 heavy (non-hydrogen) atoms. The van der Waals surface area contributed by atoms with Crippen LogP contribution in [0.15, 0.2) is 42.5 Å². The van der Waals surface area contributed by atoms with Gasteiger partial charge in [0.1, 0.15) is 6.54 Å². The van der Waals surface area contributed by atoms with Crippen LogP contribution in [0.25, 0.3) is 0 Å². The van der Waals surface area contributed by atoms with Crippen LogP contribution in [-0.4, -0.2) is 18.4 Å². The van der Waals surface area contributed by atoms with Crippen LogP contribution in [-0.2, 0) is 22.4 Å². The molecule has 0 saturated heterocycles. The molecular weight excluding hydrogens is 336 g/mol. The van der Waals surface area contributed by atoms with Crippen molar-refractivity contribution in [2.75, 3.05) is 16.8 Å². The van der Waals surface area contributed by atoms with Crippen LogP contribution in [0.5, 0.6) is 0 Å². The highest BCUT2D eigenvalue weighted by Gasteiger charge is 2.21. The Bertz CT molecular complexity index is 752. The van der Waals surface area contributed by atoms with Crippen molar-refractivity contribution in [1.29, 1.82) is 0 Å². The Balaban J connectivity index is 2.27. The standard InChI is InChI=1S/C20H23ClN2O2/c1-4-15-8-6-9-16(5-2)20(15)23(14(3)24)13-19(25)22-18-11-7-10-17(21)12-18/h6-12H,4-5,13H2,1-3H3,(H,22,25). The van der Waals surface area contributed by atoms with Crippen molar-refractivity contribution < 1.29 is 9.59 Å². The second-order valence-electron chi connectivity index (χ2n) is 5.80. The van der Waals surface area contributed by atoms with Gasteiger partial charge in [-0.2, -0.15) is 0 Å². The summed E-state index contributed by atoms with van der Waals surface area (Å²) in [6.45, 7) is 5.54. The lowest BCUT2D eigenvalue weighted by Crippen LogP contribution is -2.37. The van der Waals surface area contributed by atoms with Crippen molar-refractivity contribution in [2.45, 2.75) is 33.6 Å². The summed E-state index contributed by atoms with van der Waals surface area (Å²) < 4.78 is 0. The minimum Gasteiger partial charge on any atom is -0.324 e. The third-order valence-corrected chi connectivity index (χ3v) is 4.26. The summed E-state index contributed by atoms with van der Waals surface area (Å²) in [5, 5.41) is 3.34. The van der Waals surface area contributed by atoms with Gasteiger partial charge in [0.2, 0.25) is 11.8 Å². The van der Waals surface area contributed by atoms with E-state index < -0.39 is 0 Å². The number of hydrogen-bond donors (Lipinski definition) is 1. The monoisotopic (exact) mass is 358 g/mol. The largest absolute Gasteiger partial charge is 0.324 e. The number of benzene rings is 2. The Labute approximate surface area is 153 Å². The molecule has 0 fully saturated rings. The lowest BCUT2D eigenvalue weighted by Gasteiger charge is -2.26. The summed E-state index contributed by atoms with van der Waals surface area (Å²) >= 11 is 5.94. The van der Waals surface area contributed by atoms with E-state index in [4.69, 9.17) is 11.6 Å². The van der Waals surface area contributed by atoms with Gasteiger partial charge in [0.05, 0.1) is 5.69 Å². The highest BCUT2D eigenvalue weighted by atomic mass is 35.5. The van der Waals surface area contributed by atoms with Gasteiger partial charge < -0.3 is 10.2 Å². The third kappa shape index (κ3) is 4.83. The van der Waals surface area contributed by atoms with Crippen molar-refractivity contribution >= 4 is 34.8 Å². The summed E-state index contributed by atoms with van der Waals surface area (Å²) in [6.07, 6.45) is 1.59. The lowest BCUT2D eigenvalue weighted by molar-refractivity contribution is -0.120. The molecule has 0 aromatic heterocycles. The zero-order chi connectivity index (χ0) is 18.4. The average Bonchev–Trinajstić information content (AvgIpc) is 2.58.